The third kappa shape index (κ3) is 2.75. The van der Waals surface area contributed by atoms with E-state index in [0.717, 1.165) is 5.69 Å². The summed E-state index contributed by atoms with van der Waals surface area (Å²) in [7, 11) is 0. The number of pyridine rings is 1. The van der Waals surface area contributed by atoms with Gasteiger partial charge in [-0.05, 0) is 12.1 Å². The van der Waals surface area contributed by atoms with E-state index in [0.29, 0.717) is 11.7 Å². The molecule has 0 amide bonds. The minimum Gasteiger partial charge on any atom is -0.370 e. The van der Waals surface area contributed by atoms with Gasteiger partial charge in [-0.1, -0.05) is 17.7 Å². The predicted molar refractivity (Wildman–Crippen MR) is 48.8 cm³/mol. The molecule has 0 saturated heterocycles. The molecule has 0 aliphatic carbocycles. The predicted octanol–water partition coefficient (Wildman–Crippen LogP) is 0.508. The summed E-state index contributed by atoms with van der Waals surface area (Å²) in [5, 5.41) is 0.443. The second-order valence-electron chi connectivity index (χ2n) is 2.19. The highest BCUT2D eigenvalue weighted by molar-refractivity contribution is 6.29. The van der Waals surface area contributed by atoms with Crippen molar-refractivity contribution in [2.24, 2.45) is 16.5 Å². The normalized spacial score (nSPS) is 9.42. The van der Waals surface area contributed by atoms with Gasteiger partial charge in [0.1, 0.15) is 5.15 Å². The van der Waals surface area contributed by atoms with Crippen molar-refractivity contribution in [2.45, 2.75) is 6.54 Å². The average Bonchev–Trinajstić information content (AvgIpc) is 2.01. The number of aromatic nitrogens is 1. The van der Waals surface area contributed by atoms with Crippen LogP contribution in [0.5, 0.6) is 0 Å². The minimum absolute atomic E-state index is 0.0526. The second kappa shape index (κ2) is 3.92. The molecule has 1 aromatic rings. The van der Waals surface area contributed by atoms with Gasteiger partial charge in [0.25, 0.3) is 0 Å². The van der Waals surface area contributed by atoms with Gasteiger partial charge in [-0.3, -0.25) is 0 Å². The maximum Gasteiger partial charge on any atom is 0.186 e. The first-order chi connectivity index (χ1) is 5.68. The van der Waals surface area contributed by atoms with Crippen molar-refractivity contribution in [3.63, 3.8) is 0 Å². The Kier molecular flexibility index (Phi) is 2.88. The first kappa shape index (κ1) is 8.80. The molecule has 1 aromatic heterocycles. The zero-order valence-electron chi connectivity index (χ0n) is 6.37. The van der Waals surface area contributed by atoms with Gasteiger partial charge in [-0.2, -0.15) is 0 Å². The van der Waals surface area contributed by atoms with Crippen molar-refractivity contribution >= 4 is 17.6 Å². The van der Waals surface area contributed by atoms with Gasteiger partial charge in [-0.25, -0.2) is 9.98 Å². The van der Waals surface area contributed by atoms with E-state index in [2.05, 4.69) is 9.98 Å². The van der Waals surface area contributed by atoms with Gasteiger partial charge in [0.2, 0.25) is 0 Å². The lowest BCUT2D eigenvalue weighted by Gasteiger charge is -1.96. The molecule has 0 atom stereocenters. The van der Waals surface area contributed by atoms with Crippen molar-refractivity contribution in [3.05, 3.63) is 29.0 Å². The summed E-state index contributed by atoms with van der Waals surface area (Å²) in [5.41, 5.74) is 11.0. The van der Waals surface area contributed by atoms with Crippen LogP contribution in [0.15, 0.2) is 23.2 Å². The van der Waals surface area contributed by atoms with Crippen LogP contribution >= 0.6 is 11.6 Å². The fourth-order valence-electron chi connectivity index (χ4n) is 0.711. The standard InChI is InChI=1S/C7H9ClN4/c8-6-3-1-2-5(12-6)4-11-7(9)10/h1-3H,4H2,(H4,9,10,11). The third-order valence-corrected chi connectivity index (χ3v) is 1.41. The summed E-state index contributed by atoms with van der Waals surface area (Å²) in [6, 6.07) is 5.30. The first-order valence-corrected chi connectivity index (χ1v) is 3.73. The van der Waals surface area contributed by atoms with E-state index >= 15 is 0 Å². The summed E-state index contributed by atoms with van der Waals surface area (Å²) < 4.78 is 0. The smallest absolute Gasteiger partial charge is 0.186 e. The number of aliphatic imine (C=N–C) groups is 1. The number of hydrogen-bond acceptors (Lipinski definition) is 2. The largest absolute Gasteiger partial charge is 0.370 e. The average molecular weight is 185 g/mol. The van der Waals surface area contributed by atoms with Gasteiger partial charge in [0.15, 0.2) is 5.96 Å². The number of rotatable bonds is 2. The Hall–Kier alpha value is -1.29. The van der Waals surface area contributed by atoms with Gasteiger partial charge in [0, 0.05) is 0 Å². The van der Waals surface area contributed by atoms with Crippen LogP contribution < -0.4 is 11.5 Å². The van der Waals surface area contributed by atoms with Gasteiger partial charge in [0.05, 0.1) is 12.2 Å². The molecule has 0 bridgehead atoms. The Labute approximate surface area is 75.3 Å². The van der Waals surface area contributed by atoms with Crippen molar-refractivity contribution < 1.29 is 0 Å². The molecular formula is C7H9ClN4. The van der Waals surface area contributed by atoms with E-state index in [4.69, 9.17) is 23.1 Å². The number of halogens is 1. The maximum atomic E-state index is 5.64. The zero-order valence-corrected chi connectivity index (χ0v) is 7.12. The third-order valence-electron chi connectivity index (χ3n) is 1.20. The van der Waals surface area contributed by atoms with Crippen LogP contribution in [-0.2, 0) is 6.54 Å². The van der Waals surface area contributed by atoms with Gasteiger partial charge < -0.3 is 11.5 Å². The maximum absolute atomic E-state index is 5.64. The molecule has 0 aliphatic rings. The molecule has 1 rings (SSSR count). The molecule has 0 radical (unpaired) electrons. The van der Waals surface area contributed by atoms with Gasteiger partial charge >= 0.3 is 0 Å². The Morgan fingerprint density at radius 3 is 2.83 bits per heavy atom. The summed E-state index contributed by atoms with van der Waals surface area (Å²) in [6.07, 6.45) is 0. The topological polar surface area (TPSA) is 77.3 Å². The Morgan fingerprint density at radius 2 is 2.25 bits per heavy atom. The van der Waals surface area contributed by atoms with E-state index in [9.17, 15) is 0 Å². The highest BCUT2D eigenvalue weighted by atomic mass is 35.5. The molecule has 64 valence electrons. The van der Waals surface area contributed by atoms with Gasteiger partial charge in [-0.15, -0.1) is 0 Å². The minimum atomic E-state index is 0.0526. The summed E-state index contributed by atoms with van der Waals surface area (Å²) in [6.45, 7) is 0.364. The van der Waals surface area contributed by atoms with Crippen molar-refractivity contribution in [2.75, 3.05) is 0 Å². The van der Waals surface area contributed by atoms with E-state index in [-0.39, 0.29) is 5.96 Å². The molecule has 0 aromatic carbocycles. The first-order valence-electron chi connectivity index (χ1n) is 3.35. The molecule has 12 heavy (non-hydrogen) atoms. The lowest BCUT2D eigenvalue weighted by Crippen LogP contribution is -2.22. The quantitative estimate of drug-likeness (QED) is 0.399. The molecule has 0 unspecified atom stereocenters. The lowest BCUT2D eigenvalue weighted by molar-refractivity contribution is 0.983. The van der Waals surface area contributed by atoms with Crippen LogP contribution in [0.3, 0.4) is 0 Å². The monoisotopic (exact) mass is 184 g/mol. The molecule has 0 saturated carbocycles. The molecular weight excluding hydrogens is 176 g/mol. The molecule has 4 nitrogen and oxygen atoms in total. The van der Waals surface area contributed by atoms with Crippen LogP contribution in [0.2, 0.25) is 5.15 Å². The number of nitrogens with zero attached hydrogens (tertiary/aromatic N) is 2. The number of hydrogen-bond donors (Lipinski definition) is 2. The highest BCUT2D eigenvalue weighted by Gasteiger charge is 1.93. The van der Waals surface area contributed by atoms with Crippen molar-refractivity contribution in [1.29, 1.82) is 0 Å². The van der Waals surface area contributed by atoms with Crippen LogP contribution in [0, 0.1) is 0 Å². The zero-order chi connectivity index (χ0) is 8.97. The molecule has 4 N–H and O–H groups in total. The van der Waals surface area contributed by atoms with E-state index < -0.39 is 0 Å². The van der Waals surface area contributed by atoms with Crippen LogP contribution in [0.25, 0.3) is 0 Å². The van der Waals surface area contributed by atoms with Crippen LogP contribution in [0.1, 0.15) is 5.69 Å². The number of nitrogens with two attached hydrogens (primary N) is 2. The molecule has 0 fully saturated rings. The second-order valence-corrected chi connectivity index (χ2v) is 2.58. The molecule has 0 spiro atoms. The fourth-order valence-corrected chi connectivity index (χ4v) is 0.892. The summed E-state index contributed by atoms with van der Waals surface area (Å²) in [4.78, 5) is 7.78. The fraction of sp³-hybridized carbons (Fsp3) is 0.143. The molecule has 1 heterocycles. The van der Waals surface area contributed by atoms with Crippen molar-refractivity contribution in [3.8, 4) is 0 Å². The lowest BCUT2D eigenvalue weighted by atomic mass is 10.3. The summed E-state index contributed by atoms with van der Waals surface area (Å²) in [5.74, 6) is 0.0526. The summed E-state index contributed by atoms with van der Waals surface area (Å²) >= 11 is 5.64. The highest BCUT2D eigenvalue weighted by Crippen LogP contribution is 2.05. The van der Waals surface area contributed by atoms with E-state index in [1.54, 1.807) is 18.2 Å². The SMILES string of the molecule is NC(N)=NCc1cccc(Cl)n1. The van der Waals surface area contributed by atoms with Crippen LogP contribution in [0.4, 0.5) is 0 Å². The Bertz CT molecular complexity index is 293. The Morgan fingerprint density at radius 1 is 1.50 bits per heavy atom. The number of guanidine groups is 1. The molecule has 0 aliphatic heterocycles. The van der Waals surface area contributed by atoms with Crippen LogP contribution in [-0.4, -0.2) is 10.9 Å². The van der Waals surface area contributed by atoms with E-state index in [1.807, 2.05) is 0 Å². The van der Waals surface area contributed by atoms with Crippen molar-refractivity contribution in [1.82, 2.24) is 4.98 Å². The molecule has 5 heteroatoms. The van der Waals surface area contributed by atoms with E-state index in [1.165, 1.54) is 0 Å². The Balaban J connectivity index is 2.70.